The molecule has 0 saturated heterocycles. The number of fused-ring (bicyclic) bond motifs is 2. The fourth-order valence-electron chi connectivity index (χ4n) is 2.97. The van der Waals surface area contributed by atoms with Gasteiger partial charge in [0.2, 0.25) is 5.95 Å². The molecule has 0 unspecified atom stereocenters. The highest BCUT2D eigenvalue weighted by atomic mass is 32.2. The van der Waals surface area contributed by atoms with E-state index in [2.05, 4.69) is 63.5 Å². The maximum Gasteiger partial charge on any atom is 0.228 e. The van der Waals surface area contributed by atoms with E-state index in [0.717, 1.165) is 21.9 Å². The van der Waals surface area contributed by atoms with Gasteiger partial charge in [-0.15, -0.1) is 0 Å². The van der Waals surface area contributed by atoms with Crippen LogP contribution in [0.25, 0.3) is 16.6 Å². The molecule has 0 fully saturated rings. The first-order valence-electron chi connectivity index (χ1n) is 8.26. The SMILES string of the molecule is CSc1nc(NCc2cccc3[nH]ccc23)n2ncc(C(C)C)c2n1. The zero-order chi connectivity index (χ0) is 17.4. The van der Waals surface area contributed by atoms with Crippen molar-refractivity contribution in [2.45, 2.75) is 31.5 Å². The van der Waals surface area contributed by atoms with Crippen LogP contribution in [0.5, 0.6) is 0 Å². The molecule has 25 heavy (non-hydrogen) atoms. The average molecular weight is 352 g/mol. The second-order valence-corrected chi connectivity index (χ2v) is 7.01. The van der Waals surface area contributed by atoms with E-state index < -0.39 is 0 Å². The van der Waals surface area contributed by atoms with Crippen LogP contribution in [-0.2, 0) is 6.54 Å². The van der Waals surface area contributed by atoms with E-state index in [4.69, 9.17) is 0 Å². The first-order valence-corrected chi connectivity index (χ1v) is 9.48. The number of H-pyrrole nitrogens is 1. The number of aromatic amines is 1. The average Bonchev–Trinajstić information content (AvgIpc) is 3.26. The molecule has 7 heteroatoms. The molecule has 0 aliphatic heterocycles. The zero-order valence-corrected chi connectivity index (χ0v) is 15.3. The minimum atomic E-state index is 0.364. The van der Waals surface area contributed by atoms with Crippen LogP contribution in [0.1, 0.15) is 30.9 Å². The molecule has 0 spiro atoms. The lowest BCUT2D eigenvalue weighted by molar-refractivity contribution is 0.824. The van der Waals surface area contributed by atoms with Gasteiger partial charge in [0.05, 0.1) is 6.20 Å². The summed E-state index contributed by atoms with van der Waals surface area (Å²) in [4.78, 5) is 12.5. The molecule has 128 valence electrons. The van der Waals surface area contributed by atoms with Crippen molar-refractivity contribution in [3.8, 4) is 0 Å². The molecular weight excluding hydrogens is 332 g/mol. The predicted molar refractivity (Wildman–Crippen MR) is 102 cm³/mol. The molecule has 3 heterocycles. The van der Waals surface area contributed by atoms with Gasteiger partial charge in [-0.2, -0.15) is 14.6 Å². The van der Waals surface area contributed by atoms with E-state index in [-0.39, 0.29) is 0 Å². The molecule has 2 N–H and O–H groups in total. The van der Waals surface area contributed by atoms with Crippen molar-refractivity contribution in [3.05, 3.63) is 47.8 Å². The quantitative estimate of drug-likeness (QED) is 0.530. The molecule has 0 saturated carbocycles. The van der Waals surface area contributed by atoms with Crippen LogP contribution in [0.15, 0.2) is 41.8 Å². The number of hydrogen-bond donors (Lipinski definition) is 2. The van der Waals surface area contributed by atoms with Gasteiger partial charge in [-0.05, 0) is 29.9 Å². The highest BCUT2D eigenvalue weighted by Gasteiger charge is 2.15. The first-order chi connectivity index (χ1) is 12.2. The predicted octanol–water partition coefficient (Wildman–Crippen LogP) is 4.06. The molecule has 4 rings (SSSR count). The van der Waals surface area contributed by atoms with E-state index in [1.165, 1.54) is 22.7 Å². The van der Waals surface area contributed by atoms with Crippen molar-refractivity contribution in [2.75, 3.05) is 11.6 Å². The van der Waals surface area contributed by atoms with Crippen LogP contribution in [0.3, 0.4) is 0 Å². The fraction of sp³-hybridized carbons (Fsp3) is 0.278. The fourth-order valence-corrected chi connectivity index (χ4v) is 3.32. The summed E-state index contributed by atoms with van der Waals surface area (Å²) >= 11 is 1.54. The van der Waals surface area contributed by atoms with Gasteiger partial charge in [0.1, 0.15) is 0 Å². The Labute approximate surface area is 150 Å². The number of benzene rings is 1. The minimum Gasteiger partial charge on any atom is -0.361 e. The summed E-state index contributed by atoms with van der Waals surface area (Å²) in [6, 6.07) is 8.36. The number of hydrogen-bond acceptors (Lipinski definition) is 5. The van der Waals surface area contributed by atoms with Gasteiger partial charge >= 0.3 is 0 Å². The molecule has 0 bridgehead atoms. The highest BCUT2D eigenvalue weighted by molar-refractivity contribution is 7.98. The molecule has 0 aliphatic rings. The van der Waals surface area contributed by atoms with Crippen LogP contribution in [0, 0.1) is 0 Å². The smallest absolute Gasteiger partial charge is 0.228 e. The number of aromatic nitrogens is 5. The van der Waals surface area contributed by atoms with Gasteiger partial charge in [-0.1, -0.05) is 37.7 Å². The Morgan fingerprint density at radius 3 is 2.92 bits per heavy atom. The normalized spacial score (nSPS) is 11.7. The summed E-state index contributed by atoms with van der Waals surface area (Å²) in [6.45, 7) is 4.97. The lowest BCUT2D eigenvalue weighted by Crippen LogP contribution is -2.10. The number of anilines is 1. The highest BCUT2D eigenvalue weighted by Crippen LogP contribution is 2.24. The topological polar surface area (TPSA) is 70.9 Å². The van der Waals surface area contributed by atoms with Crippen LogP contribution in [0.4, 0.5) is 5.95 Å². The summed E-state index contributed by atoms with van der Waals surface area (Å²) in [5.41, 5.74) is 4.36. The monoisotopic (exact) mass is 352 g/mol. The van der Waals surface area contributed by atoms with Crippen molar-refractivity contribution in [2.24, 2.45) is 0 Å². The van der Waals surface area contributed by atoms with Crippen molar-refractivity contribution < 1.29 is 0 Å². The molecule has 0 atom stereocenters. The second-order valence-electron chi connectivity index (χ2n) is 6.23. The second kappa shape index (κ2) is 6.40. The molecule has 0 amide bonds. The Bertz CT molecular complexity index is 1030. The van der Waals surface area contributed by atoms with E-state index in [1.807, 2.05) is 18.6 Å². The Kier molecular flexibility index (Phi) is 4.09. The van der Waals surface area contributed by atoms with Crippen LogP contribution < -0.4 is 5.32 Å². The molecular formula is C18H20N6S. The third-order valence-corrected chi connectivity index (χ3v) is 4.85. The van der Waals surface area contributed by atoms with Crippen LogP contribution in [-0.4, -0.2) is 30.8 Å². The third-order valence-electron chi connectivity index (χ3n) is 4.30. The van der Waals surface area contributed by atoms with Gasteiger partial charge in [-0.25, -0.2) is 4.98 Å². The summed E-state index contributed by atoms with van der Waals surface area (Å²) in [7, 11) is 0. The van der Waals surface area contributed by atoms with Gasteiger partial charge in [0.15, 0.2) is 10.8 Å². The molecule has 1 aromatic carbocycles. The number of nitrogens with zero attached hydrogens (tertiary/aromatic N) is 4. The summed E-state index contributed by atoms with van der Waals surface area (Å²) < 4.78 is 1.80. The van der Waals surface area contributed by atoms with E-state index in [9.17, 15) is 0 Å². The Morgan fingerprint density at radius 2 is 2.12 bits per heavy atom. The van der Waals surface area contributed by atoms with E-state index in [1.54, 1.807) is 4.52 Å². The van der Waals surface area contributed by atoms with Crippen LogP contribution in [0.2, 0.25) is 0 Å². The lowest BCUT2D eigenvalue weighted by atomic mass is 10.1. The molecule has 3 aromatic heterocycles. The number of nitrogens with one attached hydrogen (secondary N) is 2. The molecule has 0 radical (unpaired) electrons. The van der Waals surface area contributed by atoms with Crippen molar-refractivity contribution in [3.63, 3.8) is 0 Å². The maximum atomic E-state index is 4.64. The summed E-state index contributed by atoms with van der Waals surface area (Å²) in [5.74, 6) is 1.08. The Balaban J connectivity index is 1.72. The van der Waals surface area contributed by atoms with E-state index >= 15 is 0 Å². The number of rotatable bonds is 5. The molecule has 0 aliphatic carbocycles. The molecule has 6 nitrogen and oxygen atoms in total. The largest absolute Gasteiger partial charge is 0.361 e. The van der Waals surface area contributed by atoms with Gasteiger partial charge in [0.25, 0.3) is 0 Å². The first kappa shape index (κ1) is 16.0. The Morgan fingerprint density at radius 1 is 1.24 bits per heavy atom. The zero-order valence-electron chi connectivity index (χ0n) is 14.4. The maximum absolute atomic E-state index is 4.64. The summed E-state index contributed by atoms with van der Waals surface area (Å²) in [5, 5.41) is 9.89. The standard InChI is InChI=1S/C18H20N6S/c1-11(2)14-10-21-24-16(14)22-18(25-3)23-17(24)20-9-12-5-4-6-15-13(12)7-8-19-15/h4-8,10-11,19H,9H2,1-3H3,(H,20,22,23). The minimum absolute atomic E-state index is 0.364. The third kappa shape index (κ3) is 2.84. The summed E-state index contributed by atoms with van der Waals surface area (Å²) in [6.07, 6.45) is 5.84. The van der Waals surface area contributed by atoms with Gasteiger partial charge in [0, 0.05) is 29.2 Å². The van der Waals surface area contributed by atoms with Crippen molar-refractivity contribution in [1.29, 1.82) is 0 Å². The van der Waals surface area contributed by atoms with Gasteiger partial charge in [-0.3, -0.25) is 0 Å². The van der Waals surface area contributed by atoms with Crippen molar-refractivity contribution >= 4 is 34.3 Å². The number of thioether (sulfide) groups is 1. The lowest BCUT2D eigenvalue weighted by Gasteiger charge is -2.10. The van der Waals surface area contributed by atoms with Gasteiger partial charge < -0.3 is 10.3 Å². The molecule has 4 aromatic rings. The van der Waals surface area contributed by atoms with E-state index in [0.29, 0.717) is 18.4 Å². The van der Waals surface area contributed by atoms with Crippen molar-refractivity contribution in [1.82, 2.24) is 24.6 Å². The Hall–Kier alpha value is -2.54. The van der Waals surface area contributed by atoms with Crippen LogP contribution >= 0.6 is 11.8 Å².